The predicted octanol–water partition coefficient (Wildman–Crippen LogP) is 2.66. The van der Waals surface area contributed by atoms with Crippen LogP contribution in [-0.4, -0.2) is 11.0 Å². The third kappa shape index (κ3) is 2.46. The second-order valence-electron chi connectivity index (χ2n) is 5.23. The minimum Gasteiger partial charge on any atom is -0.448 e. The van der Waals surface area contributed by atoms with Crippen molar-refractivity contribution in [1.82, 2.24) is 10.3 Å². The van der Waals surface area contributed by atoms with Crippen LogP contribution in [-0.2, 0) is 13.0 Å². The van der Waals surface area contributed by atoms with Gasteiger partial charge in [0.1, 0.15) is 5.76 Å². The molecule has 3 heteroatoms. The van der Waals surface area contributed by atoms with E-state index in [1.807, 2.05) is 0 Å². The highest BCUT2D eigenvalue weighted by atomic mass is 16.3. The molecule has 0 unspecified atom stereocenters. The highest BCUT2D eigenvalue weighted by molar-refractivity contribution is 5.09. The van der Waals surface area contributed by atoms with Gasteiger partial charge in [-0.1, -0.05) is 25.7 Å². The van der Waals surface area contributed by atoms with Gasteiger partial charge in [-0.3, -0.25) is 0 Å². The van der Waals surface area contributed by atoms with E-state index < -0.39 is 0 Å². The van der Waals surface area contributed by atoms with Crippen molar-refractivity contribution in [3.8, 4) is 0 Å². The highest BCUT2D eigenvalue weighted by Gasteiger charge is 2.23. The van der Waals surface area contributed by atoms with Crippen LogP contribution >= 0.6 is 0 Å². The molecule has 2 fully saturated rings. The van der Waals surface area contributed by atoms with Gasteiger partial charge in [-0.15, -0.1) is 0 Å². The van der Waals surface area contributed by atoms with E-state index in [1.54, 1.807) is 6.39 Å². The zero-order chi connectivity index (χ0) is 10.8. The summed E-state index contributed by atoms with van der Waals surface area (Å²) in [5, 5.41) is 3.50. The molecule has 1 aromatic rings. The summed E-state index contributed by atoms with van der Waals surface area (Å²) in [6.07, 6.45) is 10.9. The van der Waals surface area contributed by atoms with E-state index in [0.717, 1.165) is 36.4 Å². The van der Waals surface area contributed by atoms with Gasteiger partial charge in [-0.2, -0.15) is 0 Å². The molecule has 0 aliphatic heterocycles. The Morgan fingerprint density at radius 3 is 2.81 bits per heavy atom. The quantitative estimate of drug-likeness (QED) is 0.829. The second kappa shape index (κ2) is 4.58. The first-order valence-corrected chi connectivity index (χ1v) is 6.56. The molecule has 1 aromatic heterocycles. The highest BCUT2D eigenvalue weighted by Crippen LogP contribution is 2.29. The maximum absolute atomic E-state index is 5.53. The first kappa shape index (κ1) is 10.3. The molecule has 0 aromatic carbocycles. The number of oxazole rings is 1. The number of aromatic nitrogens is 1. The van der Waals surface area contributed by atoms with Crippen molar-refractivity contribution in [2.45, 2.75) is 57.5 Å². The Morgan fingerprint density at radius 1 is 1.25 bits per heavy atom. The molecule has 16 heavy (non-hydrogen) atoms. The van der Waals surface area contributed by atoms with Crippen molar-refractivity contribution >= 4 is 0 Å². The van der Waals surface area contributed by atoms with Gasteiger partial charge in [0.2, 0.25) is 0 Å². The monoisotopic (exact) mass is 220 g/mol. The molecule has 0 bridgehead atoms. The van der Waals surface area contributed by atoms with Gasteiger partial charge in [0.05, 0.1) is 5.69 Å². The van der Waals surface area contributed by atoms with Crippen LogP contribution < -0.4 is 5.32 Å². The number of nitrogens with zero attached hydrogens (tertiary/aromatic N) is 1. The SMILES string of the molecule is c1nc(CNC2CC2)c(CC2CCCC2)o1. The van der Waals surface area contributed by atoms with E-state index in [4.69, 9.17) is 4.42 Å². The van der Waals surface area contributed by atoms with Crippen LogP contribution in [0.1, 0.15) is 50.0 Å². The smallest absolute Gasteiger partial charge is 0.181 e. The van der Waals surface area contributed by atoms with E-state index in [0.29, 0.717) is 0 Å². The fourth-order valence-electron chi connectivity index (χ4n) is 2.61. The summed E-state index contributed by atoms with van der Waals surface area (Å²) in [6, 6.07) is 0.746. The van der Waals surface area contributed by atoms with Gasteiger partial charge in [-0.25, -0.2) is 4.98 Å². The second-order valence-corrected chi connectivity index (χ2v) is 5.23. The molecular weight excluding hydrogens is 200 g/mol. The van der Waals surface area contributed by atoms with E-state index in [9.17, 15) is 0 Å². The minimum atomic E-state index is 0.746. The Hall–Kier alpha value is -0.830. The molecule has 3 nitrogen and oxygen atoms in total. The zero-order valence-corrected chi connectivity index (χ0v) is 9.74. The maximum Gasteiger partial charge on any atom is 0.181 e. The van der Waals surface area contributed by atoms with Crippen LogP contribution in [0.15, 0.2) is 10.8 Å². The van der Waals surface area contributed by atoms with Crippen LogP contribution in [0.25, 0.3) is 0 Å². The topological polar surface area (TPSA) is 38.1 Å². The Bertz CT molecular complexity index is 337. The molecule has 88 valence electrons. The summed E-state index contributed by atoms with van der Waals surface area (Å²) in [4.78, 5) is 4.33. The van der Waals surface area contributed by atoms with Crippen molar-refractivity contribution in [2.24, 2.45) is 5.92 Å². The molecule has 0 spiro atoms. The van der Waals surface area contributed by atoms with E-state index in [-0.39, 0.29) is 0 Å². The minimum absolute atomic E-state index is 0.746. The molecule has 2 aliphatic carbocycles. The van der Waals surface area contributed by atoms with Crippen LogP contribution in [0.4, 0.5) is 0 Å². The lowest BCUT2D eigenvalue weighted by molar-refractivity contribution is 0.437. The summed E-state index contributed by atoms with van der Waals surface area (Å²) in [7, 11) is 0. The van der Waals surface area contributed by atoms with Crippen molar-refractivity contribution < 1.29 is 4.42 Å². The first-order valence-electron chi connectivity index (χ1n) is 6.56. The van der Waals surface area contributed by atoms with Gasteiger partial charge < -0.3 is 9.73 Å². The number of hydrogen-bond donors (Lipinski definition) is 1. The van der Waals surface area contributed by atoms with Crippen LogP contribution in [0.2, 0.25) is 0 Å². The Balaban J connectivity index is 1.57. The van der Waals surface area contributed by atoms with Gasteiger partial charge in [0, 0.05) is 19.0 Å². The lowest BCUT2D eigenvalue weighted by atomic mass is 10.0. The van der Waals surface area contributed by atoms with Crippen LogP contribution in [0, 0.1) is 5.92 Å². The van der Waals surface area contributed by atoms with Crippen molar-refractivity contribution in [1.29, 1.82) is 0 Å². The molecule has 1 N–H and O–H groups in total. The predicted molar refractivity (Wildman–Crippen MR) is 62.0 cm³/mol. The molecular formula is C13H20N2O. The van der Waals surface area contributed by atoms with E-state index >= 15 is 0 Å². The van der Waals surface area contributed by atoms with Crippen molar-refractivity contribution in [3.63, 3.8) is 0 Å². The Morgan fingerprint density at radius 2 is 2.06 bits per heavy atom. The van der Waals surface area contributed by atoms with Crippen LogP contribution in [0.3, 0.4) is 0 Å². The number of rotatable bonds is 5. The van der Waals surface area contributed by atoms with Gasteiger partial charge in [-0.05, 0) is 18.8 Å². The molecule has 0 amide bonds. The lowest BCUT2D eigenvalue weighted by Gasteiger charge is -2.07. The molecule has 0 atom stereocenters. The third-order valence-electron chi connectivity index (χ3n) is 3.81. The fourth-order valence-corrected chi connectivity index (χ4v) is 2.61. The molecule has 2 aliphatic rings. The fraction of sp³-hybridized carbons (Fsp3) is 0.769. The first-order chi connectivity index (χ1) is 7.92. The van der Waals surface area contributed by atoms with Crippen LogP contribution in [0.5, 0.6) is 0 Å². The average Bonchev–Trinajstić information content (AvgIpc) is 2.79. The Labute approximate surface area is 96.6 Å². The Kier molecular flexibility index (Phi) is 2.96. The van der Waals surface area contributed by atoms with Crippen molar-refractivity contribution in [2.75, 3.05) is 0 Å². The standard InChI is InChI=1S/C13H20N2O/c1-2-4-10(3-1)7-13-12(15-9-16-13)8-14-11-5-6-11/h9-11,14H,1-8H2. The summed E-state index contributed by atoms with van der Waals surface area (Å²) in [5.74, 6) is 1.97. The molecule has 2 saturated carbocycles. The summed E-state index contributed by atoms with van der Waals surface area (Å²) in [6.45, 7) is 0.892. The third-order valence-corrected chi connectivity index (χ3v) is 3.81. The summed E-state index contributed by atoms with van der Waals surface area (Å²) in [5.41, 5.74) is 1.14. The molecule has 0 radical (unpaired) electrons. The summed E-state index contributed by atoms with van der Waals surface area (Å²) >= 11 is 0. The molecule has 1 heterocycles. The lowest BCUT2D eigenvalue weighted by Crippen LogP contribution is -2.17. The van der Waals surface area contributed by atoms with Crippen molar-refractivity contribution in [3.05, 3.63) is 17.8 Å². The molecule has 3 rings (SSSR count). The van der Waals surface area contributed by atoms with Gasteiger partial charge >= 0.3 is 0 Å². The normalized spacial score (nSPS) is 21.8. The molecule has 0 saturated heterocycles. The number of nitrogens with one attached hydrogen (secondary N) is 1. The number of hydrogen-bond acceptors (Lipinski definition) is 3. The summed E-state index contributed by atoms with van der Waals surface area (Å²) < 4.78 is 5.53. The largest absolute Gasteiger partial charge is 0.448 e. The van der Waals surface area contributed by atoms with Gasteiger partial charge in [0.15, 0.2) is 6.39 Å². The van der Waals surface area contributed by atoms with E-state index in [1.165, 1.54) is 38.5 Å². The van der Waals surface area contributed by atoms with Gasteiger partial charge in [0.25, 0.3) is 0 Å². The van der Waals surface area contributed by atoms with E-state index in [2.05, 4.69) is 10.3 Å². The average molecular weight is 220 g/mol. The zero-order valence-electron chi connectivity index (χ0n) is 9.74. The maximum atomic E-state index is 5.53.